The molecule has 130 valence electrons. The predicted molar refractivity (Wildman–Crippen MR) is 86.7 cm³/mol. The second kappa shape index (κ2) is 14.8. The van der Waals surface area contributed by atoms with E-state index in [1.807, 2.05) is 20.8 Å². The lowest BCUT2D eigenvalue weighted by Crippen LogP contribution is -2.44. The molecule has 0 spiro atoms. The van der Waals surface area contributed by atoms with Crippen LogP contribution in [0, 0.1) is 0 Å². The molecule has 6 heteroatoms. The number of carbonyl (C=O) groups excluding carboxylic acids is 2. The van der Waals surface area contributed by atoms with Gasteiger partial charge >= 0.3 is 11.9 Å². The number of carbonyl (C=O) groups is 2. The first-order valence-electron chi connectivity index (χ1n) is 8.46. The minimum Gasteiger partial charge on any atom is -0.462 e. The molecule has 1 rings (SSSR count). The third-order valence-corrected chi connectivity index (χ3v) is 3.19. The van der Waals surface area contributed by atoms with E-state index in [9.17, 15) is 9.59 Å². The molecule has 1 N–H and O–H groups in total. The zero-order valence-electron chi connectivity index (χ0n) is 14.4. The van der Waals surface area contributed by atoms with Gasteiger partial charge in [-0.2, -0.15) is 0 Å². The zero-order valence-corrected chi connectivity index (χ0v) is 14.4. The second-order valence-corrected chi connectivity index (χ2v) is 4.89. The van der Waals surface area contributed by atoms with Crippen molar-refractivity contribution in [3.05, 3.63) is 0 Å². The molecule has 0 radical (unpaired) electrons. The summed E-state index contributed by atoms with van der Waals surface area (Å²) in [6, 6.07) is 0. The van der Waals surface area contributed by atoms with Gasteiger partial charge in [-0.3, -0.25) is 9.59 Å². The molecule has 22 heavy (non-hydrogen) atoms. The molecule has 0 aliphatic carbocycles. The molecule has 0 aromatic carbocycles. The molecule has 1 fully saturated rings. The molecule has 1 saturated heterocycles. The van der Waals surface area contributed by atoms with Crippen molar-refractivity contribution in [1.82, 2.24) is 10.2 Å². The summed E-state index contributed by atoms with van der Waals surface area (Å²) in [7, 11) is 0. The van der Waals surface area contributed by atoms with Gasteiger partial charge in [-0.25, -0.2) is 0 Å². The molecule has 0 aromatic rings. The highest BCUT2D eigenvalue weighted by Gasteiger charge is 2.12. The van der Waals surface area contributed by atoms with Gasteiger partial charge in [0.05, 0.1) is 6.42 Å². The highest BCUT2D eigenvalue weighted by molar-refractivity contribution is 5.70. The molecule has 0 aromatic heterocycles. The fourth-order valence-corrected chi connectivity index (χ4v) is 1.96. The minimum atomic E-state index is -0.229. The van der Waals surface area contributed by atoms with Gasteiger partial charge in [0.1, 0.15) is 13.2 Å². The number of ether oxygens (including phenoxy) is 2. The van der Waals surface area contributed by atoms with E-state index < -0.39 is 0 Å². The highest BCUT2D eigenvalue weighted by atomic mass is 16.6. The second-order valence-electron chi connectivity index (χ2n) is 4.89. The van der Waals surface area contributed by atoms with E-state index in [2.05, 4.69) is 10.2 Å². The largest absolute Gasteiger partial charge is 0.462 e. The van der Waals surface area contributed by atoms with Gasteiger partial charge < -0.3 is 19.7 Å². The lowest BCUT2D eigenvalue weighted by molar-refractivity contribution is -0.152. The quantitative estimate of drug-likeness (QED) is 0.514. The fourth-order valence-electron chi connectivity index (χ4n) is 1.96. The van der Waals surface area contributed by atoms with Gasteiger partial charge in [0, 0.05) is 39.1 Å². The van der Waals surface area contributed by atoms with E-state index in [1.165, 1.54) is 0 Å². The first kappa shape index (κ1) is 20.9. The summed E-state index contributed by atoms with van der Waals surface area (Å²) in [6.07, 6.45) is 2.64. The predicted octanol–water partition coefficient (Wildman–Crippen LogP) is 1.58. The Morgan fingerprint density at radius 1 is 1.00 bits per heavy atom. The van der Waals surface area contributed by atoms with Crippen LogP contribution in [0.4, 0.5) is 0 Å². The van der Waals surface area contributed by atoms with Gasteiger partial charge in [-0.15, -0.1) is 0 Å². The summed E-state index contributed by atoms with van der Waals surface area (Å²) in [6.45, 7) is 11.0. The first-order chi connectivity index (χ1) is 10.7. The highest BCUT2D eigenvalue weighted by Crippen LogP contribution is 1.98. The Balaban J connectivity index is 0.00000211. The van der Waals surface area contributed by atoms with Crippen molar-refractivity contribution in [3.8, 4) is 0 Å². The lowest BCUT2D eigenvalue weighted by Gasteiger charge is -2.26. The Morgan fingerprint density at radius 3 is 2.09 bits per heavy atom. The van der Waals surface area contributed by atoms with E-state index in [0.717, 1.165) is 45.6 Å². The van der Waals surface area contributed by atoms with Crippen molar-refractivity contribution in [2.24, 2.45) is 0 Å². The molecule has 0 unspecified atom stereocenters. The lowest BCUT2D eigenvalue weighted by atomic mass is 10.2. The molecule has 0 bridgehead atoms. The Kier molecular flexibility index (Phi) is 14.0. The number of rotatable bonds is 9. The Hall–Kier alpha value is -1.14. The SMILES string of the molecule is CC.CCCCC(=O)OCCOC(=O)CCN1CCNCC1. The van der Waals surface area contributed by atoms with Crippen molar-refractivity contribution >= 4 is 11.9 Å². The van der Waals surface area contributed by atoms with Crippen LogP contribution in [0.5, 0.6) is 0 Å². The molecule has 1 aliphatic heterocycles. The Labute approximate surface area is 134 Å². The topological polar surface area (TPSA) is 67.9 Å². The van der Waals surface area contributed by atoms with E-state index in [0.29, 0.717) is 12.8 Å². The van der Waals surface area contributed by atoms with Gasteiger partial charge in [0.15, 0.2) is 0 Å². The van der Waals surface area contributed by atoms with Gasteiger partial charge in [0.2, 0.25) is 0 Å². The maximum absolute atomic E-state index is 11.5. The van der Waals surface area contributed by atoms with E-state index in [4.69, 9.17) is 9.47 Å². The Bertz CT molecular complexity index is 292. The van der Waals surface area contributed by atoms with Crippen LogP contribution in [0.1, 0.15) is 46.5 Å². The Morgan fingerprint density at radius 2 is 1.55 bits per heavy atom. The third-order valence-electron chi connectivity index (χ3n) is 3.19. The normalized spacial score (nSPS) is 14.7. The van der Waals surface area contributed by atoms with Crippen LogP contribution in [0.3, 0.4) is 0 Å². The summed E-state index contributed by atoms with van der Waals surface area (Å²) in [4.78, 5) is 24.9. The van der Waals surface area contributed by atoms with E-state index in [1.54, 1.807) is 0 Å². The van der Waals surface area contributed by atoms with E-state index in [-0.39, 0.29) is 25.2 Å². The molecule has 0 atom stereocenters. The van der Waals surface area contributed by atoms with Crippen molar-refractivity contribution in [2.75, 3.05) is 45.9 Å². The average molecular weight is 316 g/mol. The third kappa shape index (κ3) is 11.5. The van der Waals surface area contributed by atoms with Crippen LogP contribution in [0.25, 0.3) is 0 Å². The van der Waals surface area contributed by atoms with Gasteiger partial charge in [-0.05, 0) is 6.42 Å². The van der Waals surface area contributed by atoms with Crippen molar-refractivity contribution < 1.29 is 19.1 Å². The first-order valence-corrected chi connectivity index (χ1v) is 8.46. The monoisotopic (exact) mass is 316 g/mol. The molecule has 0 amide bonds. The van der Waals surface area contributed by atoms with Crippen LogP contribution in [-0.2, 0) is 19.1 Å². The summed E-state index contributed by atoms with van der Waals surface area (Å²) >= 11 is 0. The van der Waals surface area contributed by atoms with Crippen LogP contribution < -0.4 is 5.32 Å². The van der Waals surface area contributed by atoms with Gasteiger partial charge in [0.25, 0.3) is 0 Å². The minimum absolute atomic E-state index is 0.151. The van der Waals surface area contributed by atoms with Gasteiger partial charge in [-0.1, -0.05) is 27.2 Å². The fraction of sp³-hybridized carbons (Fsp3) is 0.875. The van der Waals surface area contributed by atoms with Crippen molar-refractivity contribution in [1.29, 1.82) is 0 Å². The number of nitrogens with one attached hydrogen (secondary N) is 1. The molecule has 0 saturated carbocycles. The number of unbranched alkanes of at least 4 members (excludes halogenated alkanes) is 1. The number of hydrogen-bond donors (Lipinski definition) is 1. The number of esters is 2. The zero-order chi connectivity index (χ0) is 16.6. The average Bonchev–Trinajstić information content (AvgIpc) is 2.57. The molecular weight excluding hydrogens is 284 g/mol. The van der Waals surface area contributed by atoms with Crippen LogP contribution in [0.2, 0.25) is 0 Å². The van der Waals surface area contributed by atoms with Crippen molar-refractivity contribution in [2.45, 2.75) is 46.5 Å². The number of hydrogen-bond acceptors (Lipinski definition) is 6. The standard InChI is InChI=1S/C14H26N2O4.C2H6/c1-2-3-4-13(17)19-11-12-20-14(18)5-8-16-9-6-15-7-10-16;1-2/h15H,2-12H2,1H3;1-2H3. The number of nitrogens with zero attached hydrogens (tertiary/aromatic N) is 1. The summed E-state index contributed by atoms with van der Waals surface area (Å²) in [5.41, 5.74) is 0. The van der Waals surface area contributed by atoms with E-state index >= 15 is 0 Å². The van der Waals surface area contributed by atoms with Crippen LogP contribution in [-0.4, -0.2) is 62.8 Å². The summed E-state index contributed by atoms with van der Waals surface area (Å²) in [5, 5.41) is 3.26. The molecule has 6 nitrogen and oxygen atoms in total. The maximum Gasteiger partial charge on any atom is 0.307 e. The molecular formula is C16H32N2O4. The van der Waals surface area contributed by atoms with Crippen LogP contribution in [0.15, 0.2) is 0 Å². The smallest absolute Gasteiger partial charge is 0.307 e. The maximum atomic E-state index is 11.5. The summed E-state index contributed by atoms with van der Waals surface area (Å²) in [5.74, 6) is -0.447. The number of piperazine rings is 1. The van der Waals surface area contributed by atoms with Crippen LogP contribution >= 0.6 is 0 Å². The molecule has 1 aliphatic rings. The molecule has 1 heterocycles. The van der Waals surface area contributed by atoms with Crippen molar-refractivity contribution in [3.63, 3.8) is 0 Å². The summed E-state index contributed by atoms with van der Waals surface area (Å²) < 4.78 is 9.98.